The molecule has 15 heavy (non-hydrogen) atoms. The van der Waals surface area contributed by atoms with E-state index in [0.29, 0.717) is 18.4 Å². The number of aliphatic carboxylic acids is 1. The number of aryl methyl sites for hydroxylation is 2. The first-order valence-electron chi connectivity index (χ1n) is 4.98. The molecule has 0 aliphatic carbocycles. The van der Waals surface area contributed by atoms with E-state index in [2.05, 4.69) is 0 Å². The van der Waals surface area contributed by atoms with Crippen LogP contribution in [-0.2, 0) is 11.2 Å². The maximum absolute atomic E-state index is 13.3. The Morgan fingerprint density at radius 3 is 2.80 bits per heavy atom. The summed E-state index contributed by atoms with van der Waals surface area (Å²) >= 11 is 0. The van der Waals surface area contributed by atoms with Crippen LogP contribution >= 0.6 is 0 Å². The molecule has 0 aromatic heterocycles. The molecule has 0 aliphatic heterocycles. The van der Waals surface area contributed by atoms with Crippen LogP contribution in [0.5, 0.6) is 0 Å². The van der Waals surface area contributed by atoms with Crippen LogP contribution in [0.1, 0.15) is 24.5 Å². The van der Waals surface area contributed by atoms with E-state index < -0.39 is 11.9 Å². The van der Waals surface area contributed by atoms with Gasteiger partial charge >= 0.3 is 5.97 Å². The van der Waals surface area contributed by atoms with Gasteiger partial charge in [0.1, 0.15) is 5.82 Å². The zero-order chi connectivity index (χ0) is 11.4. The van der Waals surface area contributed by atoms with Gasteiger partial charge in [-0.15, -0.1) is 0 Å². The summed E-state index contributed by atoms with van der Waals surface area (Å²) in [5.74, 6) is -1.51. The van der Waals surface area contributed by atoms with Gasteiger partial charge in [0, 0.05) is 0 Å². The highest BCUT2D eigenvalue weighted by atomic mass is 19.1. The quantitative estimate of drug-likeness (QED) is 0.829. The molecular formula is C12H15FO2. The summed E-state index contributed by atoms with van der Waals surface area (Å²) in [4.78, 5) is 10.6. The van der Waals surface area contributed by atoms with Crippen LogP contribution in [0.4, 0.5) is 4.39 Å². The van der Waals surface area contributed by atoms with Gasteiger partial charge in [-0.1, -0.05) is 24.6 Å². The normalized spacial score (nSPS) is 12.5. The predicted octanol–water partition coefficient (Wildman–Crippen LogP) is 2.79. The van der Waals surface area contributed by atoms with Gasteiger partial charge in [0.2, 0.25) is 0 Å². The average molecular weight is 210 g/mol. The number of rotatable bonds is 4. The van der Waals surface area contributed by atoms with Crippen molar-refractivity contribution >= 4 is 5.97 Å². The van der Waals surface area contributed by atoms with Crippen molar-refractivity contribution in [2.45, 2.75) is 26.7 Å². The molecule has 1 rings (SSSR count). The summed E-state index contributed by atoms with van der Waals surface area (Å²) in [6, 6.07) is 4.90. The largest absolute Gasteiger partial charge is 0.481 e. The molecule has 0 spiro atoms. The van der Waals surface area contributed by atoms with E-state index in [-0.39, 0.29) is 5.82 Å². The summed E-state index contributed by atoms with van der Waals surface area (Å²) in [5.41, 5.74) is 1.59. The summed E-state index contributed by atoms with van der Waals surface area (Å²) in [6.07, 6.45) is 0.941. The Kier molecular flexibility index (Phi) is 3.83. The zero-order valence-electron chi connectivity index (χ0n) is 8.96. The third-order valence-corrected chi connectivity index (χ3v) is 2.47. The first kappa shape index (κ1) is 11.7. The zero-order valence-corrected chi connectivity index (χ0v) is 8.96. The monoisotopic (exact) mass is 210 g/mol. The number of benzene rings is 1. The number of carbonyl (C=O) groups is 1. The van der Waals surface area contributed by atoms with Gasteiger partial charge in [0.15, 0.2) is 0 Å². The first-order valence-corrected chi connectivity index (χ1v) is 4.98. The predicted molar refractivity (Wildman–Crippen MR) is 56.3 cm³/mol. The number of hydrogen-bond acceptors (Lipinski definition) is 1. The fourth-order valence-electron chi connectivity index (χ4n) is 1.39. The third-order valence-electron chi connectivity index (χ3n) is 2.47. The van der Waals surface area contributed by atoms with E-state index in [9.17, 15) is 9.18 Å². The highest BCUT2D eigenvalue weighted by Crippen LogP contribution is 2.15. The molecule has 0 radical (unpaired) electrons. The van der Waals surface area contributed by atoms with Crippen molar-refractivity contribution in [2.75, 3.05) is 0 Å². The van der Waals surface area contributed by atoms with E-state index in [1.165, 1.54) is 6.07 Å². The van der Waals surface area contributed by atoms with Crippen molar-refractivity contribution in [3.8, 4) is 0 Å². The molecular weight excluding hydrogens is 195 g/mol. The summed E-state index contributed by atoms with van der Waals surface area (Å²) in [6.45, 7) is 3.53. The molecule has 0 amide bonds. The minimum absolute atomic E-state index is 0.252. The highest BCUT2D eigenvalue weighted by molar-refractivity contribution is 5.69. The van der Waals surface area contributed by atoms with Gasteiger partial charge < -0.3 is 5.11 Å². The molecule has 0 saturated heterocycles. The van der Waals surface area contributed by atoms with Crippen LogP contribution in [-0.4, -0.2) is 11.1 Å². The Bertz CT molecular complexity index is 361. The minimum Gasteiger partial charge on any atom is -0.481 e. The fourth-order valence-corrected chi connectivity index (χ4v) is 1.39. The Morgan fingerprint density at radius 1 is 1.53 bits per heavy atom. The van der Waals surface area contributed by atoms with Gasteiger partial charge in [-0.25, -0.2) is 4.39 Å². The second-order valence-electron chi connectivity index (χ2n) is 3.87. The lowest BCUT2D eigenvalue weighted by atomic mass is 10.00. The molecule has 0 bridgehead atoms. The van der Waals surface area contributed by atoms with Crippen molar-refractivity contribution in [1.29, 1.82) is 0 Å². The second-order valence-corrected chi connectivity index (χ2v) is 3.87. The molecule has 0 heterocycles. The van der Waals surface area contributed by atoms with E-state index in [1.54, 1.807) is 19.1 Å². The van der Waals surface area contributed by atoms with Gasteiger partial charge in [-0.05, 0) is 31.4 Å². The Balaban J connectivity index is 2.65. The lowest BCUT2D eigenvalue weighted by molar-refractivity contribution is -0.141. The van der Waals surface area contributed by atoms with Crippen LogP contribution in [0.25, 0.3) is 0 Å². The molecule has 3 heteroatoms. The summed E-state index contributed by atoms with van der Waals surface area (Å²) < 4.78 is 13.3. The van der Waals surface area contributed by atoms with Crippen LogP contribution < -0.4 is 0 Å². The number of hydrogen-bond donors (Lipinski definition) is 1. The fraction of sp³-hybridized carbons (Fsp3) is 0.417. The standard InChI is InChI=1S/C12H15FO2/c1-8-3-6-11(13)10(7-8)5-4-9(2)12(14)15/h3,6-7,9H,4-5H2,1-2H3,(H,14,15). The number of carboxylic acid groups (broad SMARTS) is 1. The molecule has 1 N–H and O–H groups in total. The lowest BCUT2D eigenvalue weighted by Gasteiger charge is -2.07. The van der Waals surface area contributed by atoms with E-state index >= 15 is 0 Å². The smallest absolute Gasteiger partial charge is 0.306 e. The molecule has 1 unspecified atom stereocenters. The molecule has 1 aromatic rings. The Labute approximate surface area is 88.7 Å². The van der Waals surface area contributed by atoms with Crippen molar-refractivity contribution < 1.29 is 14.3 Å². The highest BCUT2D eigenvalue weighted by Gasteiger charge is 2.12. The lowest BCUT2D eigenvalue weighted by Crippen LogP contribution is -2.10. The molecule has 0 saturated carbocycles. The van der Waals surface area contributed by atoms with Crippen molar-refractivity contribution in [2.24, 2.45) is 5.92 Å². The molecule has 0 fully saturated rings. The van der Waals surface area contributed by atoms with E-state index in [4.69, 9.17) is 5.11 Å². The maximum Gasteiger partial charge on any atom is 0.306 e. The van der Waals surface area contributed by atoms with Crippen LogP contribution in [0.15, 0.2) is 18.2 Å². The van der Waals surface area contributed by atoms with Crippen molar-refractivity contribution in [1.82, 2.24) is 0 Å². The first-order chi connectivity index (χ1) is 7.00. The summed E-state index contributed by atoms with van der Waals surface area (Å²) in [5, 5.41) is 8.69. The number of halogens is 1. The van der Waals surface area contributed by atoms with Crippen molar-refractivity contribution in [3.05, 3.63) is 35.1 Å². The second kappa shape index (κ2) is 4.91. The van der Waals surface area contributed by atoms with Crippen molar-refractivity contribution in [3.63, 3.8) is 0 Å². The topological polar surface area (TPSA) is 37.3 Å². The SMILES string of the molecule is Cc1ccc(F)c(CCC(C)C(=O)O)c1. The van der Waals surface area contributed by atoms with Crippen LogP contribution in [0.2, 0.25) is 0 Å². The van der Waals surface area contributed by atoms with Gasteiger partial charge in [0.25, 0.3) is 0 Å². The third kappa shape index (κ3) is 3.35. The van der Waals surface area contributed by atoms with E-state index in [1.807, 2.05) is 6.92 Å². The summed E-state index contributed by atoms with van der Waals surface area (Å²) in [7, 11) is 0. The molecule has 1 atom stereocenters. The van der Waals surface area contributed by atoms with Gasteiger partial charge in [-0.2, -0.15) is 0 Å². The Hall–Kier alpha value is -1.38. The molecule has 1 aromatic carbocycles. The molecule has 82 valence electrons. The Morgan fingerprint density at radius 2 is 2.20 bits per heavy atom. The average Bonchev–Trinajstić information content (AvgIpc) is 2.18. The van der Waals surface area contributed by atoms with Crippen LogP contribution in [0, 0.1) is 18.7 Å². The minimum atomic E-state index is -0.830. The number of carboxylic acids is 1. The van der Waals surface area contributed by atoms with Gasteiger partial charge in [0.05, 0.1) is 5.92 Å². The van der Waals surface area contributed by atoms with Gasteiger partial charge in [-0.3, -0.25) is 4.79 Å². The molecule has 0 aliphatic rings. The maximum atomic E-state index is 13.3. The molecule has 2 nitrogen and oxygen atoms in total. The van der Waals surface area contributed by atoms with Crippen LogP contribution in [0.3, 0.4) is 0 Å². The van der Waals surface area contributed by atoms with E-state index in [0.717, 1.165) is 5.56 Å².